The highest BCUT2D eigenvalue weighted by Gasteiger charge is 2.48. The van der Waals surface area contributed by atoms with Crippen LogP contribution in [0.3, 0.4) is 0 Å². The largest absolute Gasteiger partial charge is 0.338 e. The minimum Gasteiger partial charge on any atom is -0.338 e. The van der Waals surface area contributed by atoms with Gasteiger partial charge in [-0.2, -0.15) is 5.10 Å². The first-order valence-corrected chi connectivity index (χ1v) is 9.10. The second-order valence-corrected chi connectivity index (χ2v) is 7.41. The van der Waals surface area contributed by atoms with Crippen LogP contribution in [0.5, 0.6) is 0 Å². The summed E-state index contributed by atoms with van der Waals surface area (Å²) in [6.07, 6.45) is 2.82. The molecule has 0 N–H and O–H groups in total. The molecule has 5 heteroatoms. The molecule has 3 unspecified atom stereocenters. The molecular formula is C20H24FN3O. The number of carbonyl (C=O) groups excluding carboxylic acids is 1. The van der Waals surface area contributed by atoms with E-state index in [2.05, 4.69) is 18.1 Å². The van der Waals surface area contributed by atoms with Gasteiger partial charge in [0.15, 0.2) is 0 Å². The Labute approximate surface area is 147 Å². The summed E-state index contributed by atoms with van der Waals surface area (Å²) in [6.45, 7) is 5.60. The summed E-state index contributed by atoms with van der Waals surface area (Å²) in [7, 11) is 0. The summed E-state index contributed by atoms with van der Waals surface area (Å²) in [5.41, 5.74) is 2.83. The van der Waals surface area contributed by atoms with E-state index in [1.807, 2.05) is 28.6 Å². The Morgan fingerprint density at radius 3 is 2.84 bits per heavy atom. The average molecular weight is 341 g/mol. The van der Waals surface area contributed by atoms with Crippen LogP contribution in [0, 0.1) is 25.6 Å². The Kier molecular flexibility index (Phi) is 4.10. The fourth-order valence-corrected chi connectivity index (χ4v) is 4.18. The molecule has 4 rings (SSSR count). The zero-order chi connectivity index (χ0) is 17.6. The van der Waals surface area contributed by atoms with Crippen LogP contribution in [0.25, 0.3) is 0 Å². The average Bonchev–Trinajstić information content (AvgIpc) is 3.13. The first kappa shape index (κ1) is 16.3. The van der Waals surface area contributed by atoms with E-state index in [9.17, 15) is 9.18 Å². The smallest absolute Gasteiger partial charge is 0.226 e. The number of nitrogens with zero attached hydrogens (tertiary/aromatic N) is 3. The Morgan fingerprint density at radius 2 is 2.12 bits per heavy atom. The van der Waals surface area contributed by atoms with Crippen LogP contribution in [0.15, 0.2) is 30.3 Å². The second-order valence-electron chi connectivity index (χ2n) is 7.41. The van der Waals surface area contributed by atoms with Gasteiger partial charge in [-0.3, -0.25) is 9.48 Å². The number of hydrogen-bond donors (Lipinski definition) is 0. The van der Waals surface area contributed by atoms with E-state index in [0.717, 1.165) is 43.7 Å². The minimum atomic E-state index is -0.191. The molecule has 2 aliphatic rings. The lowest BCUT2D eigenvalue weighted by atomic mass is 10.1. The molecule has 1 aliphatic carbocycles. The van der Waals surface area contributed by atoms with Crippen molar-refractivity contribution in [2.45, 2.75) is 51.6 Å². The summed E-state index contributed by atoms with van der Waals surface area (Å²) in [6, 6.07) is 9.10. The SMILES string of the molecule is Cc1cc(C)n(CC2CCCN2C(=O)C2CC2c2ccccc2F)n1. The molecule has 1 amide bonds. The Balaban J connectivity index is 1.45. The van der Waals surface area contributed by atoms with Crippen LogP contribution >= 0.6 is 0 Å². The van der Waals surface area contributed by atoms with E-state index in [-0.39, 0.29) is 29.6 Å². The highest BCUT2D eigenvalue weighted by molar-refractivity contribution is 5.83. The van der Waals surface area contributed by atoms with E-state index in [0.29, 0.717) is 5.56 Å². The van der Waals surface area contributed by atoms with Crippen LogP contribution in [-0.4, -0.2) is 33.2 Å². The van der Waals surface area contributed by atoms with Crippen LogP contribution in [0.1, 0.15) is 42.1 Å². The fourth-order valence-electron chi connectivity index (χ4n) is 4.18. The summed E-state index contributed by atoms with van der Waals surface area (Å²) >= 11 is 0. The molecule has 4 nitrogen and oxygen atoms in total. The third-order valence-electron chi connectivity index (χ3n) is 5.56. The zero-order valence-electron chi connectivity index (χ0n) is 14.8. The lowest BCUT2D eigenvalue weighted by Gasteiger charge is -2.25. The molecule has 1 aromatic heterocycles. The summed E-state index contributed by atoms with van der Waals surface area (Å²) < 4.78 is 16.0. The second kappa shape index (κ2) is 6.28. The van der Waals surface area contributed by atoms with Crippen molar-refractivity contribution in [1.82, 2.24) is 14.7 Å². The number of hydrogen-bond acceptors (Lipinski definition) is 2. The van der Waals surface area contributed by atoms with Crippen molar-refractivity contribution in [1.29, 1.82) is 0 Å². The van der Waals surface area contributed by atoms with E-state index in [1.165, 1.54) is 6.07 Å². The molecule has 3 atom stereocenters. The monoisotopic (exact) mass is 341 g/mol. The van der Waals surface area contributed by atoms with Crippen molar-refractivity contribution in [3.63, 3.8) is 0 Å². The van der Waals surface area contributed by atoms with Gasteiger partial charge in [0, 0.05) is 18.2 Å². The number of rotatable bonds is 4. The third kappa shape index (κ3) is 3.08. The standard InChI is InChI=1S/C20H24FN3O/c1-13-10-14(2)24(22-13)12-15-6-5-9-23(15)20(25)18-11-17(18)16-7-3-4-8-19(16)21/h3-4,7-8,10,15,17-18H,5-6,9,11-12H2,1-2H3. The van der Waals surface area contributed by atoms with Crippen molar-refractivity contribution in [3.8, 4) is 0 Å². The normalized spacial score (nSPS) is 25.4. The molecule has 132 valence electrons. The molecular weight excluding hydrogens is 317 g/mol. The number of aromatic nitrogens is 2. The van der Waals surface area contributed by atoms with Crippen LogP contribution < -0.4 is 0 Å². The molecule has 1 saturated heterocycles. The molecule has 0 spiro atoms. The van der Waals surface area contributed by atoms with Gasteiger partial charge in [-0.25, -0.2) is 4.39 Å². The summed E-state index contributed by atoms with van der Waals surface area (Å²) in [4.78, 5) is 15.0. The lowest BCUT2D eigenvalue weighted by Crippen LogP contribution is -2.39. The number of carbonyl (C=O) groups is 1. The summed E-state index contributed by atoms with van der Waals surface area (Å²) in [5.74, 6) is -0.0118. The Hall–Kier alpha value is -2.17. The van der Waals surface area contributed by atoms with Crippen LogP contribution in [-0.2, 0) is 11.3 Å². The Morgan fingerprint density at radius 1 is 1.32 bits per heavy atom. The molecule has 1 aromatic carbocycles. The van der Waals surface area contributed by atoms with Crippen LogP contribution in [0.2, 0.25) is 0 Å². The fraction of sp³-hybridized carbons (Fsp3) is 0.500. The molecule has 2 heterocycles. The van der Waals surface area contributed by atoms with Gasteiger partial charge in [-0.15, -0.1) is 0 Å². The molecule has 25 heavy (non-hydrogen) atoms. The van der Waals surface area contributed by atoms with Crippen molar-refractivity contribution in [3.05, 3.63) is 53.1 Å². The van der Waals surface area contributed by atoms with Gasteiger partial charge in [-0.1, -0.05) is 18.2 Å². The Bertz CT molecular complexity index is 800. The number of likely N-dealkylation sites (tertiary alicyclic amines) is 1. The number of benzene rings is 1. The van der Waals surface area contributed by atoms with Crippen molar-refractivity contribution in [2.75, 3.05) is 6.54 Å². The van der Waals surface area contributed by atoms with E-state index < -0.39 is 0 Å². The third-order valence-corrected chi connectivity index (χ3v) is 5.56. The highest BCUT2D eigenvalue weighted by Crippen LogP contribution is 2.49. The van der Waals surface area contributed by atoms with Gasteiger partial charge >= 0.3 is 0 Å². The maximum absolute atomic E-state index is 14.0. The van der Waals surface area contributed by atoms with Gasteiger partial charge in [0.05, 0.1) is 18.3 Å². The molecule has 2 fully saturated rings. The maximum atomic E-state index is 14.0. The summed E-state index contributed by atoms with van der Waals surface area (Å²) in [5, 5.41) is 4.53. The molecule has 0 bridgehead atoms. The zero-order valence-corrected chi connectivity index (χ0v) is 14.8. The number of amides is 1. The van der Waals surface area contributed by atoms with Crippen molar-refractivity contribution in [2.24, 2.45) is 5.92 Å². The molecule has 1 saturated carbocycles. The highest BCUT2D eigenvalue weighted by atomic mass is 19.1. The maximum Gasteiger partial charge on any atom is 0.226 e. The van der Waals surface area contributed by atoms with Gasteiger partial charge in [0.1, 0.15) is 5.82 Å². The lowest BCUT2D eigenvalue weighted by molar-refractivity contribution is -0.133. The number of aryl methyl sites for hydroxylation is 2. The number of halogens is 1. The first-order valence-electron chi connectivity index (χ1n) is 9.10. The quantitative estimate of drug-likeness (QED) is 0.854. The predicted octanol–water partition coefficient (Wildman–Crippen LogP) is 3.43. The molecule has 0 radical (unpaired) electrons. The van der Waals surface area contributed by atoms with E-state index >= 15 is 0 Å². The van der Waals surface area contributed by atoms with Gasteiger partial charge < -0.3 is 4.90 Å². The predicted molar refractivity (Wildman–Crippen MR) is 93.7 cm³/mol. The van der Waals surface area contributed by atoms with Gasteiger partial charge in [0.2, 0.25) is 5.91 Å². The molecule has 2 aromatic rings. The first-order chi connectivity index (χ1) is 12.0. The van der Waals surface area contributed by atoms with Crippen molar-refractivity contribution < 1.29 is 9.18 Å². The van der Waals surface area contributed by atoms with Gasteiger partial charge in [-0.05, 0) is 56.7 Å². The molecule has 1 aliphatic heterocycles. The van der Waals surface area contributed by atoms with Gasteiger partial charge in [0.25, 0.3) is 0 Å². The van der Waals surface area contributed by atoms with Crippen molar-refractivity contribution >= 4 is 5.91 Å². The van der Waals surface area contributed by atoms with Crippen LogP contribution in [0.4, 0.5) is 4.39 Å². The topological polar surface area (TPSA) is 38.1 Å². The van der Waals surface area contributed by atoms with E-state index in [1.54, 1.807) is 6.07 Å². The van der Waals surface area contributed by atoms with E-state index in [4.69, 9.17) is 0 Å². The minimum absolute atomic E-state index is 0.0450.